The van der Waals surface area contributed by atoms with Crippen molar-refractivity contribution >= 4 is 27.6 Å². The van der Waals surface area contributed by atoms with Gasteiger partial charge in [0, 0.05) is 31.8 Å². The number of nitrogens with zero attached hydrogens (tertiary/aromatic N) is 2. The molecule has 2 aliphatic rings. The van der Waals surface area contributed by atoms with Gasteiger partial charge in [0.2, 0.25) is 10.0 Å². The largest absolute Gasteiger partial charge is 0.452 e. The number of rotatable bonds is 8. The molecule has 10 nitrogen and oxygen atoms in total. The summed E-state index contributed by atoms with van der Waals surface area (Å²) in [6.45, 7) is 3.90. The molecule has 34 heavy (non-hydrogen) atoms. The van der Waals surface area contributed by atoms with E-state index in [1.165, 1.54) is 35.7 Å². The van der Waals surface area contributed by atoms with Gasteiger partial charge in [-0.2, -0.15) is 4.31 Å². The van der Waals surface area contributed by atoms with Gasteiger partial charge >= 0.3 is 5.97 Å². The second-order valence-corrected chi connectivity index (χ2v) is 11.1. The van der Waals surface area contributed by atoms with E-state index in [-0.39, 0.29) is 42.4 Å². The van der Waals surface area contributed by atoms with Gasteiger partial charge in [0.25, 0.3) is 11.6 Å². The number of sulfonamides is 1. The maximum atomic E-state index is 13.1. The fourth-order valence-corrected chi connectivity index (χ4v) is 6.27. The number of ether oxygens (including phenoxy) is 1. The number of carbonyl (C=O) groups excluding carboxylic acids is 2. The van der Waals surface area contributed by atoms with Gasteiger partial charge in [-0.25, -0.2) is 8.42 Å². The molecule has 1 atom stereocenters. The summed E-state index contributed by atoms with van der Waals surface area (Å²) in [6.07, 6.45) is 5.40. The van der Waals surface area contributed by atoms with E-state index in [0.29, 0.717) is 18.0 Å². The molecule has 1 amide bonds. The van der Waals surface area contributed by atoms with Crippen molar-refractivity contribution in [2.45, 2.75) is 69.8 Å². The molecule has 3 rings (SSSR count). The Morgan fingerprint density at radius 1 is 1.18 bits per heavy atom. The molecule has 0 bridgehead atoms. The Labute approximate surface area is 200 Å². The molecule has 1 unspecified atom stereocenters. The number of carbonyl (C=O) groups is 2. The minimum absolute atomic E-state index is 0.0898. The normalized spacial score (nSPS) is 19.4. The Hall–Kier alpha value is -2.53. The molecule has 0 aromatic heterocycles. The van der Waals surface area contributed by atoms with Crippen LogP contribution in [0.4, 0.5) is 5.69 Å². The van der Waals surface area contributed by atoms with Crippen molar-refractivity contribution in [3.8, 4) is 0 Å². The van der Waals surface area contributed by atoms with Crippen LogP contribution in [0.1, 0.15) is 57.4 Å². The number of esters is 1. The molecule has 11 heteroatoms. The molecule has 188 valence electrons. The van der Waals surface area contributed by atoms with E-state index in [0.717, 1.165) is 18.9 Å². The van der Waals surface area contributed by atoms with Crippen LogP contribution in [0.25, 0.3) is 0 Å². The van der Waals surface area contributed by atoms with Gasteiger partial charge in [-0.3, -0.25) is 19.7 Å². The van der Waals surface area contributed by atoms with Gasteiger partial charge in [-0.1, -0.05) is 25.3 Å². The van der Waals surface area contributed by atoms with Crippen LogP contribution in [0, 0.1) is 28.9 Å². The molecule has 1 saturated heterocycles. The summed E-state index contributed by atoms with van der Waals surface area (Å²) in [5.74, 6) is -0.864. The van der Waals surface area contributed by atoms with Gasteiger partial charge in [-0.05, 0) is 51.0 Å². The molecule has 1 aliphatic carbocycles. The lowest BCUT2D eigenvalue weighted by molar-refractivity contribution is -0.385. The number of piperidine rings is 1. The number of nitro benzene ring substituents is 1. The molecule has 1 N–H and O–H groups in total. The monoisotopic (exact) mass is 495 g/mol. The zero-order chi connectivity index (χ0) is 24.9. The summed E-state index contributed by atoms with van der Waals surface area (Å²) >= 11 is 0. The first-order valence-electron chi connectivity index (χ1n) is 11.8. The summed E-state index contributed by atoms with van der Waals surface area (Å²) < 4.78 is 32.7. The van der Waals surface area contributed by atoms with Crippen molar-refractivity contribution in [2.24, 2.45) is 11.8 Å². The van der Waals surface area contributed by atoms with E-state index in [2.05, 4.69) is 5.32 Å². The number of hydrogen-bond acceptors (Lipinski definition) is 7. The number of nitro groups is 1. The van der Waals surface area contributed by atoms with E-state index < -0.39 is 32.9 Å². The molecular formula is C23H33N3O7S. The van der Waals surface area contributed by atoms with Gasteiger partial charge in [0.05, 0.1) is 15.7 Å². The average molecular weight is 496 g/mol. The summed E-state index contributed by atoms with van der Waals surface area (Å²) in [6, 6.07) is 3.75. The smallest absolute Gasteiger partial charge is 0.309 e. The van der Waals surface area contributed by atoms with Crippen LogP contribution in [0.3, 0.4) is 0 Å². The quantitative estimate of drug-likeness (QED) is 0.333. The standard InChI is InChI=1S/C23H33N3O7S/c1-16-8-9-20(26(29)30)14-21(16)34(31,32)25-12-10-19(11-13-25)23(28)33-17(2)22(27)24-15-18-6-4-3-5-7-18/h8-9,14,17-19H,3-7,10-13,15H2,1-2H3,(H,24,27). The lowest BCUT2D eigenvalue weighted by atomic mass is 9.89. The van der Waals surface area contributed by atoms with Gasteiger partial charge in [-0.15, -0.1) is 0 Å². The summed E-state index contributed by atoms with van der Waals surface area (Å²) in [7, 11) is -3.94. The molecule has 1 aromatic rings. The topological polar surface area (TPSA) is 136 Å². The van der Waals surface area contributed by atoms with Gasteiger partial charge in [0.15, 0.2) is 6.10 Å². The summed E-state index contributed by atoms with van der Waals surface area (Å²) in [5, 5.41) is 13.9. The SMILES string of the molecule is Cc1ccc([N+](=O)[O-])cc1S(=O)(=O)N1CCC(C(=O)OC(C)C(=O)NCC2CCCCC2)CC1. The molecule has 1 saturated carbocycles. The minimum atomic E-state index is -3.94. The van der Waals surface area contributed by atoms with E-state index in [1.54, 1.807) is 13.8 Å². The summed E-state index contributed by atoms with van der Waals surface area (Å²) in [4.78, 5) is 35.2. The van der Waals surface area contributed by atoms with Crippen LogP contribution >= 0.6 is 0 Å². The average Bonchev–Trinajstić information content (AvgIpc) is 2.83. The Balaban J connectivity index is 1.51. The lowest BCUT2D eigenvalue weighted by Gasteiger charge is -2.31. The van der Waals surface area contributed by atoms with Crippen molar-refractivity contribution in [3.63, 3.8) is 0 Å². The number of aryl methyl sites for hydroxylation is 1. The fraction of sp³-hybridized carbons (Fsp3) is 0.652. The van der Waals surface area contributed by atoms with Crippen LogP contribution in [0.15, 0.2) is 23.1 Å². The van der Waals surface area contributed by atoms with Gasteiger partial charge in [0.1, 0.15) is 0 Å². The first kappa shape index (κ1) is 26.1. The second-order valence-electron chi connectivity index (χ2n) is 9.21. The maximum absolute atomic E-state index is 13.1. The molecule has 0 radical (unpaired) electrons. The third kappa shape index (κ3) is 6.32. The molecule has 1 aromatic carbocycles. The zero-order valence-electron chi connectivity index (χ0n) is 19.7. The van der Waals surface area contributed by atoms with E-state index in [4.69, 9.17) is 4.74 Å². The summed E-state index contributed by atoms with van der Waals surface area (Å²) in [5.41, 5.74) is 0.124. The highest BCUT2D eigenvalue weighted by atomic mass is 32.2. The second kappa shape index (κ2) is 11.3. The number of benzene rings is 1. The zero-order valence-corrected chi connectivity index (χ0v) is 20.5. The predicted octanol–water partition coefficient (Wildman–Crippen LogP) is 2.93. The molecule has 0 spiro atoms. The number of hydrogen-bond donors (Lipinski definition) is 1. The lowest BCUT2D eigenvalue weighted by Crippen LogP contribution is -2.43. The Bertz CT molecular complexity index is 1010. The number of amides is 1. The maximum Gasteiger partial charge on any atom is 0.309 e. The van der Waals surface area contributed by atoms with Crippen LogP contribution in [-0.2, 0) is 24.3 Å². The van der Waals surface area contributed by atoms with Crippen molar-refractivity contribution < 1.29 is 27.7 Å². The predicted molar refractivity (Wildman–Crippen MR) is 124 cm³/mol. The highest BCUT2D eigenvalue weighted by Gasteiger charge is 2.35. The number of nitrogens with one attached hydrogen (secondary N) is 1. The highest BCUT2D eigenvalue weighted by Crippen LogP contribution is 2.29. The van der Waals surface area contributed by atoms with Crippen LogP contribution in [0.2, 0.25) is 0 Å². The van der Waals surface area contributed by atoms with E-state index in [1.807, 2.05) is 0 Å². The minimum Gasteiger partial charge on any atom is -0.452 e. The molecule has 1 heterocycles. The van der Waals surface area contributed by atoms with Crippen molar-refractivity contribution in [1.82, 2.24) is 9.62 Å². The highest BCUT2D eigenvalue weighted by molar-refractivity contribution is 7.89. The number of non-ortho nitro benzene ring substituents is 1. The third-order valence-corrected chi connectivity index (χ3v) is 8.78. The van der Waals surface area contributed by atoms with Crippen molar-refractivity contribution in [2.75, 3.05) is 19.6 Å². The Morgan fingerprint density at radius 2 is 1.82 bits per heavy atom. The van der Waals surface area contributed by atoms with Crippen molar-refractivity contribution in [1.29, 1.82) is 0 Å². The van der Waals surface area contributed by atoms with Crippen molar-refractivity contribution in [3.05, 3.63) is 33.9 Å². The fourth-order valence-electron chi connectivity index (χ4n) is 4.56. The first-order valence-corrected chi connectivity index (χ1v) is 13.3. The Kier molecular flexibility index (Phi) is 8.64. The van der Waals surface area contributed by atoms with E-state index in [9.17, 15) is 28.1 Å². The molecule has 2 fully saturated rings. The molecule has 1 aliphatic heterocycles. The van der Waals surface area contributed by atoms with Crippen LogP contribution in [0.5, 0.6) is 0 Å². The Morgan fingerprint density at radius 3 is 2.44 bits per heavy atom. The third-order valence-electron chi connectivity index (χ3n) is 6.74. The molecular weight excluding hydrogens is 462 g/mol. The van der Waals surface area contributed by atoms with Crippen LogP contribution < -0.4 is 5.32 Å². The van der Waals surface area contributed by atoms with Gasteiger partial charge < -0.3 is 10.1 Å². The van der Waals surface area contributed by atoms with E-state index >= 15 is 0 Å². The first-order chi connectivity index (χ1) is 16.1. The van der Waals surface area contributed by atoms with Crippen LogP contribution in [-0.4, -0.2) is 55.3 Å².